The fourth-order valence-electron chi connectivity index (χ4n) is 2.85. The molecule has 3 aromatic rings. The number of anilines is 2. The molecule has 0 spiro atoms. The fourth-order valence-corrected chi connectivity index (χ4v) is 4.50. The topological polar surface area (TPSA) is 97.6 Å². The molecule has 8 nitrogen and oxygen atoms in total. The van der Waals surface area contributed by atoms with Crippen molar-refractivity contribution in [2.24, 2.45) is 0 Å². The van der Waals surface area contributed by atoms with Gasteiger partial charge in [-0.05, 0) is 41.1 Å². The van der Waals surface area contributed by atoms with Crippen molar-refractivity contribution >= 4 is 49.8 Å². The number of ether oxygens (including phenoxy) is 1. The summed E-state index contributed by atoms with van der Waals surface area (Å²) in [6.07, 6.45) is 3.78. The van der Waals surface area contributed by atoms with Crippen molar-refractivity contribution in [2.75, 3.05) is 29.9 Å². The van der Waals surface area contributed by atoms with E-state index in [4.69, 9.17) is 4.74 Å². The lowest BCUT2D eigenvalue weighted by atomic mass is 10.1. The molecular formula is C17H19FIN5O3S. The first-order valence-electron chi connectivity index (χ1n) is 8.39. The van der Waals surface area contributed by atoms with E-state index in [0.29, 0.717) is 32.8 Å². The van der Waals surface area contributed by atoms with Crippen LogP contribution in [0.15, 0.2) is 24.5 Å². The van der Waals surface area contributed by atoms with E-state index in [1.165, 1.54) is 19.2 Å². The van der Waals surface area contributed by atoms with Gasteiger partial charge in [-0.3, -0.25) is 9.12 Å². The first-order chi connectivity index (χ1) is 13.3. The summed E-state index contributed by atoms with van der Waals surface area (Å²) >= 11 is 2.08. The zero-order chi connectivity index (χ0) is 20.5. The maximum atomic E-state index is 14.7. The Morgan fingerprint density at radius 3 is 2.75 bits per heavy atom. The smallest absolute Gasteiger partial charge is 0.232 e. The number of hydrogen-bond donors (Lipinski definition) is 2. The van der Waals surface area contributed by atoms with Gasteiger partial charge in [0.05, 0.1) is 30.4 Å². The summed E-state index contributed by atoms with van der Waals surface area (Å²) in [5, 5.41) is 2.98. The third-order valence-electron chi connectivity index (χ3n) is 3.98. The third kappa shape index (κ3) is 3.99. The van der Waals surface area contributed by atoms with Gasteiger partial charge in [-0.15, -0.1) is 0 Å². The van der Waals surface area contributed by atoms with Gasteiger partial charge < -0.3 is 10.1 Å². The van der Waals surface area contributed by atoms with Gasteiger partial charge in [0.1, 0.15) is 3.70 Å². The molecule has 0 saturated heterocycles. The number of hydrogen-bond acceptors (Lipinski definition) is 6. The maximum absolute atomic E-state index is 14.7. The standard InChI is InChI=1S/C17H19FIN5O3S/c1-4-5-28(25,26)23-12-7-10(6-11(18)15(12)27-3)13-8-21-17-16(20-2)22-14(19)9-24(13)17/h6-9,23H,4-5H2,1-3H3,(H,20,22). The SMILES string of the molecule is CCCS(=O)(=O)Nc1cc(-c2cnc3c(NC)nc(I)cn23)cc(F)c1OC. The van der Waals surface area contributed by atoms with E-state index < -0.39 is 15.8 Å². The molecule has 0 unspecified atom stereocenters. The summed E-state index contributed by atoms with van der Waals surface area (Å²) in [6, 6.07) is 2.82. The summed E-state index contributed by atoms with van der Waals surface area (Å²) in [5.74, 6) is -0.338. The monoisotopic (exact) mass is 519 g/mol. The van der Waals surface area contributed by atoms with E-state index in [-0.39, 0.29) is 17.2 Å². The van der Waals surface area contributed by atoms with Crippen molar-refractivity contribution in [3.05, 3.63) is 34.0 Å². The van der Waals surface area contributed by atoms with Crippen molar-refractivity contribution in [2.45, 2.75) is 13.3 Å². The second-order valence-corrected chi connectivity index (χ2v) is 8.91. The number of fused-ring (bicyclic) bond motifs is 1. The molecule has 0 aliphatic rings. The number of sulfonamides is 1. The summed E-state index contributed by atoms with van der Waals surface area (Å²) in [5.41, 5.74) is 1.65. The zero-order valence-corrected chi connectivity index (χ0v) is 18.4. The normalized spacial score (nSPS) is 11.6. The minimum atomic E-state index is -3.62. The Hall–Kier alpha value is -2.15. The quantitative estimate of drug-likeness (QED) is 0.465. The molecule has 2 aromatic heterocycles. The van der Waals surface area contributed by atoms with Crippen LogP contribution in [0.4, 0.5) is 15.9 Å². The second-order valence-electron chi connectivity index (χ2n) is 5.96. The molecule has 0 bridgehead atoms. The van der Waals surface area contributed by atoms with Crippen molar-refractivity contribution in [1.82, 2.24) is 14.4 Å². The number of nitrogens with zero attached hydrogens (tertiary/aromatic N) is 3. The van der Waals surface area contributed by atoms with Gasteiger partial charge in [-0.2, -0.15) is 0 Å². The van der Waals surface area contributed by atoms with Gasteiger partial charge in [0, 0.05) is 18.8 Å². The Morgan fingerprint density at radius 2 is 2.11 bits per heavy atom. The Labute approximate surface area is 175 Å². The molecule has 150 valence electrons. The van der Waals surface area contributed by atoms with E-state index in [2.05, 4.69) is 42.6 Å². The van der Waals surface area contributed by atoms with Crippen LogP contribution in [-0.2, 0) is 10.0 Å². The Kier molecular flexibility index (Phi) is 5.93. The zero-order valence-electron chi connectivity index (χ0n) is 15.5. The minimum absolute atomic E-state index is 0.0403. The molecule has 0 radical (unpaired) electrons. The molecule has 2 N–H and O–H groups in total. The van der Waals surface area contributed by atoms with Crippen molar-refractivity contribution in [3.63, 3.8) is 0 Å². The highest BCUT2D eigenvalue weighted by Gasteiger charge is 2.20. The number of imidazole rings is 1. The summed E-state index contributed by atoms with van der Waals surface area (Å²) < 4.78 is 49.0. The number of nitrogens with one attached hydrogen (secondary N) is 2. The van der Waals surface area contributed by atoms with E-state index in [1.807, 2.05) is 0 Å². The molecule has 0 amide bonds. The predicted octanol–water partition coefficient (Wildman–Crippen LogP) is 3.34. The Balaban J connectivity index is 2.18. The van der Waals surface area contributed by atoms with Crippen molar-refractivity contribution in [3.8, 4) is 17.0 Å². The van der Waals surface area contributed by atoms with Gasteiger partial charge in [0.25, 0.3) is 0 Å². The molecule has 0 fully saturated rings. The highest BCUT2D eigenvalue weighted by Crippen LogP contribution is 2.35. The molecule has 2 heterocycles. The Bertz CT molecular complexity index is 1130. The molecule has 0 atom stereocenters. The van der Waals surface area contributed by atoms with Crippen LogP contribution in [-0.4, -0.2) is 42.7 Å². The molecule has 0 aliphatic heterocycles. The molecular weight excluding hydrogens is 500 g/mol. The van der Waals surface area contributed by atoms with Gasteiger partial charge in [0.2, 0.25) is 10.0 Å². The summed E-state index contributed by atoms with van der Waals surface area (Å²) in [7, 11) is -0.594. The summed E-state index contributed by atoms with van der Waals surface area (Å²) in [6.45, 7) is 1.75. The Morgan fingerprint density at radius 1 is 1.36 bits per heavy atom. The van der Waals surface area contributed by atoms with Crippen LogP contribution < -0.4 is 14.8 Å². The molecule has 11 heteroatoms. The van der Waals surface area contributed by atoms with Crippen molar-refractivity contribution in [1.29, 1.82) is 0 Å². The molecule has 0 aliphatic carbocycles. The summed E-state index contributed by atoms with van der Waals surface area (Å²) in [4.78, 5) is 8.72. The van der Waals surface area contributed by atoms with E-state index in [1.54, 1.807) is 30.8 Å². The van der Waals surface area contributed by atoms with E-state index >= 15 is 0 Å². The number of methoxy groups -OCH3 is 1. The third-order valence-corrected chi connectivity index (χ3v) is 5.98. The van der Waals surface area contributed by atoms with Crippen LogP contribution in [0.5, 0.6) is 5.75 Å². The predicted molar refractivity (Wildman–Crippen MR) is 115 cm³/mol. The van der Waals surface area contributed by atoms with Gasteiger partial charge in [-0.1, -0.05) is 6.92 Å². The van der Waals surface area contributed by atoms with E-state index in [0.717, 1.165) is 0 Å². The van der Waals surface area contributed by atoms with Crippen molar-refractivity contribution < 1.29 is 17.5 Å². The van der Waals surface area contributed by atoms with E-state index in [9.17, 15) is 12.8 Å². The number of benzene rings is 1. The average Bonchev–Trinajstić information content (AvgIpc) is 3.04. The largest absolute Gasteiger partial charge is 0.492 e. The maximum Gasteiger partial charge on any atom is 0.232 e. The lowest BCUT2D eigenvalue weighted by molar-refractivity contribution is 0.389. The van der Waals surface area contributed by atoms with Gasteiger partial charge in [-0.25, -0.2) is 22.8 Å². The number of halogens is 2. The molecule has 3 rings (SSSR count). The first kappa shape index (κ1) is 20.6. The van der Waals surface area contributed by atoms with Crippen LogP contribution in [0.25, 0.3) is 16.9 Å². The number of rotatable bonds is 7. The van der Waals surface area contributed by atoms with Crippen LogP contribution in [0.3, 0.4) is 0 Å². The second kappa shape index (κ2) is 8.07. The first-order valence-corrected chi connectivity index (χ1v) is 11.1. The van der Waals surface area contributed by atoms with Gasteiger partial charge in [0.15, 0.2) is 23.0 Å². The van der Waals surface area contributed by atoms with Crippen LogP contribution in [0, 0.1) is 9.52 Å². The molecule has 1 aromatic carbocycles. The highest BCUT2D eigenvalue weighted by molar-refractivity contribution is 14.1. The molecule has 28 heavy (non-hydrogen) atoms. The minimum Gasteiger partial charge on any atom is -0.492 e. The van der Waals surface area contributed by atoms with Crippen LogP contribution in [0.2, 0.25) is 0 Å². The molecule has 0 saturated carbocycles. The van der Waals surface area contributed by atoms with Crippen LogP contribution >= 0.6 is 22.6 Å². The van der Waals surface area contributed by atoms with Crippen LogP contribution in [0.1, 0.15) is 13.3 Å². The van der Waals surface area contributed by atoms with Gasteiger partial charge >= 0.3 is 0 Å². The lowest BCUT2D eigenvalue weighted by Crippen LogP contribution is -2.17. The lowest BCUT2D eigenvalue weighted by Gasteiger charge is -2.14. The number of aromatic nitrogens is 3. The highest BCUT2D eigenvalue weighted by atomic mass is 127. The fraction of sp³-hybridized carbons (Fsp3) is 0.294. The average molecular weight is 519 g/mol.